The standard InChI is InChI=1S/C25H25NO4/c1-4-30-22-14-16(9-10-21(22)29-3)13-17-11-15(2)12-19-23(25(27)28)18-7-5-6-8-20(18)26-24(17)19/h5-10,13-15H,4,11-12H2,1-3H3,(H,27,28)/b17-13+. The lowest BCUT2D eigenvalue weighted by atomic mass is 9.80. The summed E-state index contributed by atoms with van der Waals surface area (Å²) in [7, 11) is 1.62. The van der Waals surface area contributed by atoms with Gasteiger partial charge in [-0.25, -0.2) is 9.78 Å². The third kappa shape index (κ3) is 3.63. The third-order valence-electron chi connectivity index (χ3n) is 5.46. The fourth-order valence-corrected chi connectivity index (χ4v) is 4.23. The number of methoxy groups -OCH3 is 1. The van der Waals surface area contributed by atoms with Gasteiger partial charge in [0.2, 0.25) is 0 Å². The predicted octanol–water partition coefficient (Wildman–Crippen LogP) is 5.46. The first-order valence-corrected chi connectivity index (χ1v) is 10.2. The molecule has 1 heterocycles. The number of benzene rings is 2. The molecule has 0 radical (unpaired) electrons. The molecule has 2 aromatic carbocycles. The average Bonchev–Trinajstić information content (AvgIpc) is 2.72. The molecule has 1 aliphatic rings. The summed E-state index contributed by atoms with van der Waals surface area (Å²) in [6, 6.07) is 13.3. The van der Waals surface area contributed by atoms with Gasteiger partial charge in [0.25, 0.3) is 0 Å². The molecule has 0 aliphatic heterocycles. The Morgan fingerprint density at radius 2 is 2.00 bits per heavy atom. The van der Waals surface area contributed by atoms with Gasteiger partial charge in [0.05, 0.1) is 30.5 Å². The molecule has 1 aliphatic carbocycles. The molecule has 1 N–H and O–H groups in total. The van der Waals surface area contributed by atoms with Gasteiger partial charge in [-0.3, -0.25) is 0 Å². The summed E-state index contributed by atoms with van der Waals surface area (Å²) in [5.74, 6) is 0.806. The Morgan fingerprint density at radius 1 is 1.20 bits per heavy atom. The zero-order valence-electron chi connectivity index (χ0n) is 17.4. The van der Waals surface area contributed by atoms with Crippen LogP contribution in [0.3, 0.4) is 0 Å². The van der Waals surface area contributed by atoms with E-state index in [1.807, 2.05) is 49.4 Å². The van der Waals surface area contributed by atoms with Crippen molar-refractivity contribution in [2.75, 3.05) is 13.7 Å². The second kappa shape index (κ2) is 8.19. The second-order valence-corrected chi connectivity index (χ2v) is 7.66. The molecule has 0 fully saturated rings. The first-order chi connectivity index (χ1) is 14.5. The first kappa shape index (κ1) is 20.0. The van der Waals surface area contributed by atoms with E-state index in [1.165, 1.54) is 0 Å². The van der Waals surface area contributed by atoms with Crippen LogP contribution in [0.2, 0.25) is 0 Å². The van der Waals surface area contributed by atoms with Crippen molar-refractivity contribution >= 4 is 28.5 Å². The molecule has 0 bridgehead atoms. The van der Waals surface area contributed by atoms with Gasteiger partial charge in [-0.2, -0.15) is 0 Å². The molecule has 1 unspecified atom stereocenters. The Bertz CT molecular complexity index is 1150. The highest BCUT2D eigenvalue weighted by Gasteiger charge is 2.28. The highest BCUT2D eigenvalue weighted by Crippen LogP contribution is 2.39. The van der Waals surface area contributed by atoms with Crippen molar-refractivity contribution in [2.45, 2.75) is 26.7 Å². The van der Waals surface area contributed by atoms with E-state index in [2.05, 4.69) is 13.0 Å². The number of rotatable bonds is 5. The van der Waals surface area contributed by atoms with Crippen LogP contribution in [-0.4, -0.2) is 29.8 Å². The minimum Gasteiger partial charge on any atom is -0.493 e. The lowest BCUT2D eigenvalue weighted by molar-refractivity contribution is 0.0697. The van der Waals surface area contributed by atoms with Gasteiger partial charge in [-0.05, 0) is 66.7 Å². The van der Waals surface area contributed by atoms with Gasteiger partial charge >= 0.3 is 5.97 Å². The first-order valence-electron chi connectivity index (χ1n) is 10.2. The predicted molar refractivity (Wildman–Crippen MR) is 118 cm³/mol. The van der Waals surface area contributed by atoms with Crippen LogP contribution >= 0.6 is 0 Å². The van der Waals surface area contributed by atoms with Crippen molar-refractivity contribution in [3.05, 3.63) is 64.8 Å². The number of nitrogens with zero attached hydrogens (tertiary/aromatic N) is 1. The van der Waals surface area contributed by atoms with E-state index in [-0.39, 0.29) is 0 Å². The molecule has 0 amide bonds. The number of hydrogen-bond acceptors (Lipinski definition) is 4. The van der Waals surface area contributed by atoms with E-state index >= 15 is 0 Å². The monoisotopic (exact) mass is 403 g/mol. The summed E-state index contributed by atoms with van der Waals surface area (Å²) < 4.78 is 11.1. The molecule has 0 saturated carbocycles. The molecule has 30 heavy (non-hydrogen) atoms. The summed E-state index contributed by atoms with van der Waals surface area (Å²) in [6.45, 7) is 4.63. The van der Waals surface area contributed by atoms with Gasteiger partial charge < -0.3 is 14.6 Å². The van der Waals surface area contributed by atoms with Crippen molar-refractivity contribution in [2.24, 2.45) is 5.92 Å². The number of hydrogen-bond donors (Lipinski definition) is 1. The molecule has 1 atom stereocenters. The van der Waals surface area contributed by atoms with Crippen LogP contribution in [0.1, 0.15) is 47.4 Å². The quantitative estimate of drug-likeness (QED) is 0.612. The lowest BCUT2D eigenvalue weighted by Gasteiger charge is -2.26. The van der Waals surface area contributed by atoms with Gasteiger partial charge in [0.15, 0.2) is 11.5 Å². The van der Waals surface area contributed by atoms with Crippen LogP contribution in [-0.2, 0) is 6.42 Å². The molecule has 0 saturated heterocycles. The van der Waals surface area contributed by atoms with Gasteiger partial charge in [0, 0.05) is 5.39 Å². The lowest BCUT2D eigenvalue weighted by Crippen LogP contribution is -2.17. The van der Waals surface area contributed by atoms with Crippen LogP contribution in [0.25, 0.3) is 22.6 Å². The Labute approximate surface area is 176 Å². The number of carboxylic acid groups (broad SMARTS) is 1. The summed E-state index contributed by atoms with van der Waals surface area (Å²) in [6.07, 6.45) is 3.64. The number of aromatic carboxylic acids is 1. The van der Waals surface area contributed by atoms with Crippen LogP contribution in [0.4, 0.5) is 0 Å². The summed E-state index contributed by atoms with van der Waals surface area (Å²) >= 11 is 0. The maximum absolute atomic E-state index is 12.2. The maximum atomic E-state index is 12.2. The molecule has 154 valence electrons. The molecule has 5 nitrogen and oxygen atoms in total. The van der Waals surface area contributed by atoms with E-state index in [4.69, 9.17) is 14.5 Å². The van der Waals surface area contributed by atoms with E-state index in [0.29, 0.717) is 46.9 Å². The summed E-state index contributed by atoms with van der Waals surface area (Å²) in [4.78, 5) is 17.0. The summed E-state index contributed by atoms with van der Waals surface area (Å²) in [5, 5.41) is 10.7. The van der Waals surface area contributed by atoms with Crippen molar-refractivity contribution in [1.29, 1.82) is 0 Å². The highest BCUT2D eigenvalue weighted by atomic mass is 16.5. The van der Waals surface area contributed by atoms with Gasteiger partial charge in [-0.1, -0.05) is 31.2 Å². The summed E-state index contributed by atoms with van der Waals surface area (Å²) in [5.41, 5.74) is 4.71. The molecule has 3 aromatic rings. The number of carbonyl (C=O) groups is 1. The number of allylic oxidation sites excluding steroid dienone is 1. The fourth-order valence-electron chi connectivity index (χ4n) is 4.23. The number of carboxylic acids is 1. The SMILES string of the molecule is CCOc1cc(/C=C2\CC(C)Cc3c2nc2ccccc2c3C(=O)O)ccc1OC. The number of para-hydroxylation sites is 1. The van der Waals surface area contributed by atoms with Crippen LogP contribution in [0.5, 0.6) is 11.5 Å². The Kier molecular flexibility index (Phi) is 5.44. The molecule has 0 spiro atoms. The Balaban J connectivity index is 1.90. The number of pyridine rings is 1. The van der Waals surface area contributed by atoms with E-state index < -0.39 is 5.97 Å². The average molecular weight is 403 g/mol. The minimum atomic E-state index is -0.902. The van der Waals surface area contributed by atoms with Crippen molar-refractivity contribution in [3.8, 4) is 11.5 Å². The smallest absolute Gasteiger partial charge is 0.336 e. The maximum Gasteiger partial charge on any atom is 0.336 e. The third-order valence-corrected chi connectivity index (χ3v) is 5.46. The Morgan fingerprint density at radius 3 is 2.73 bits per heavy atom. The van der Waals surface area contributed by atoms with E-state index in [0.717, 1.165) is 28.8 Å². The van der Waals surface area contributed by atoms with Crippen LogP contribution < -0.4 is 9.47 Å². The zero-order valence-corrected chi connectivity index (χ0v) is 17.4. The molecular weight excluding hydrogens is 378 g/mol. The van der Waals surface area contributed by atoms with Crippen LogP contribution in [0.15, 0.2) is 42.5 Å². The number of ether oxygens (including phenoxy) is 2. The van der Waals surface area contributed by atoms with Gasteiger partial charge in [0.1, 0.15) is 0 Å². The second-order valence-electron chi connectivity index (χ2n) is 7.66. The van der Waals surface area contributed by atoms with Crippen molar-refractivity contribution < 1.29 is 19.4 Å². The van der Waals surface area contributed by atoms with Crippen molar-refractivity contribution in [1.82, 2.24) is 4.98 Å². The molecular formula is C25H25NO4. The van der Waals surface area contributed by atoms with Gasteiger partial charge in [-0.15, -0.1) is 0 Å². The van der Waals surface area contributed by atoms with E-state index in [1.54, 1.807) is 7.11 Å². The number of fused-ring (bicyclic) bond motifs is 2. The zero-order chi connectivity index (χ0) is 21.3. The normalized spacial score (nSPS) is 17.0. The minimum absolute atomic E-state index is 0.328. The van der Waals surface area contributed by atoms with Crippen molar-refractivity contribution in [3.63, 3.8) is 0 Å². The topological polar surface area (TPSA) is 68.7 Å². The molecule has 4 rings (SSSR count). The highest BCUT2D eigenvalue weighted by molar-refractivity contribution is 6.05. The largest absolute Gasteiger partial charge is 0.493 e. The Hall–Kier alpha value is -3.34. The fraction of sp³-hybridized carbons (Fsp3) is 0.280. The van der Waals surface area contributed by atoms with E-state index in [9.17, 15) is 9.90 Å². The molecule has 5 heteroatoms. The number of aromatic nitrogens is 1. The van der Waals surface area contributed by atoms with Crippen LogP contribution in [0, 0.1) is 5.92 Å². The molecule has 1 aromatic heterocycles.